The zero-order valence-corrected chi connectivity index (χ0v) is 10.7. The zero-order chi connectivity index (χ0) is 13.1. The third kappa shape index (κ3) is 2.53. The van der Waals surface area contributed by atoms with Gasteiger partial charge in [-0.25, -0.2) is 0 Å². The van der Waals surface area contributed by atoms with Crippen LogP contribution in [0.15, 0.2) is 30.3 Å². The van der Waals surface area contributed by atoms with Crippen LogP contribution in [-0.2, 0) is 9.59 Å². The van der Waals surface area contributed by atoms with E-state index in [2.05, 4.69) is 5.32 Å². The lowest BCUT2D eigenvalue weighted by Gasteiger charge is -2.26. The molecule has 1 unspecified atom stereocenters. The van der Waals surface area contributed by atoms with E-state index in [9.17, 15) is 9.59 Å². The number of para-hydroxylation sites is 1. The molecular weight excluding hydrogens is 228 g/mol. The smallest absolute Gasteiger partial charge is 0.249 e. The fourth-order valence-corrected chi connectivity index (χ4v) is 2.11. The SMILES string of the molecule is CC(C)C1NC(=O)CCN(c2ccccc2)C1=O. The zero-order valence-electron chi connectivity index (χ0n) is 10.7. The van der Waals surface area contributed by atoms with E-state index < -0.39 is 6.04 Å². The second-order valence-corrected chi connectivity index (χ2v) is 4.86. The molecule has 4 nitrogen and oxygen atoms in total. The summed E-state index contributed by atoms with van der Waals surface area (Å²) in [6, 6.07) is 9.06. The summed E-state index contributed by atoms with van der Waals surface area (Å²) in [6.45, 7) is 4.33. The van der Waals surface area contributed by atoms with E-state index >= 15 is 0 Å². The minimum atomic E-state index is -0.430. The summed E-state index contributed by atoms with van der Waals surface area (Å²) in [7, 11) is 0. The van der Waals surface area contributed by atoms with Gasteiger partial charge in [-0.05, 0) is 18.1 Å². The molecule has 18 heavy (non-hydrogen) atoms. The predicted octanol–water partition coefficient (Wildman–Crippen LogP) is 1.56. The summed E-state index contributed by atoms with van der Waals surface area (Å²) in [4.78, 5) is 25.8. The number of hydrogen-bond donors (Lipinski definition) is 1. The number of benzene rings is 1. The Balaban J connectivity index is 2.30. The predicted molar refractivity (Wildman–Crippen MR) is 70.2 cm³/mol. The molecule has 1 fully saturated rings. The average Bonchev–Trinajstić information content (AvgIpc) is 2.50. The standard InChI is InChI=1S/C14H18N2O2/c1-10(2)13-14(18)16(9-8-12(17)15-13)11-6-4-3-5-7-11/h3-7,10,13H,8-9H2,1-2H3,(H,15,17). The molecule has 2 rings (SSSR count). The second-order valence-electron chi connectivity index (χ2n) is 4.86. The fraction of sp³-hybridized carbons (Fsp3) is 0.429. The highest BCUT2D eigenvalue weighted by Gasteiger charge is 2.32. The third-order valence-electron chi connectivity index (χ3n) is 3.15. The van der Waals surface area contributed by atoms with Crippen LogP contribution < -0.4 is 10.2 Å². The van der Waals surface area contributed by atoms with Gasteiger partial charge in [0.1, 0.15) is 6.04 Å². The van der Waals surface area contributed by atoms with Gasteiger partial charge in [-0.1, -0.05) is 32.0 Å². The van der Waals surface area contributed by atoms with Crippen LogP contribution >= 0.6 is 0 Å². The van der Waals surface area contributed by atoms with Crippen molar-refractivity contribution in [1.82, 2.24) is 5.32 Å². The lowest BCUT2D eigenvalue weighted by Crippen LogP contribution is -2.47. The molecule has 0 radical (unpaired) electrons. The summed E-state index contributed by atoms with van der Waals surface area (Å²) < 4.78 is 0. The highest BCUT2D eigenvalue weighted by molar-refractivity contribution is 6.01. The Bertz CT molecular complexity index is 442. The number of carbonyl (C=O) groups is 2. The maximum atomic E-state index is 12.4. The van der Waals surface area contributed by atoms with Crippen molar-refractivity contribution < 1.29 is 9.59 Å². The van der Waals surface area contributed by atoms with Gasteiger partial charge in [-0.15, -0.1) is 0 Å². The van der Waals surface area contributed by atoms with E-state index in [1.54, 1.807) is 4.90 Å². The van der Waals surface area contributed by atoms with Gasteiger partial charge < -0.3 is 10.2 Å². The first-order valence-electron chi connectivity index (χ1n) is 6.25. The molecule has 1 atom stereocenters. The van der Waals surface area contributed by atoms with Crippen molar-refractivity contribution in [2.24, 2.45) is 5.92 Å². The van der Waals surface area contributed by atoms with Crippen molar-refractivity contribution in [3.8, 4) is 0 Å². The molecule has 0 aromatic heterocycles. The first-order valence-corrected chi connectivity index (χ1v) is 6.25. The molecule has 96 valence electrons. The van der Waals surface area contributed by atoms with Crippen LogP contribution in [0.5, 0.6) is 0 Å². The molecule has 1 aromatic carbocycles. The van der Waals surface area contributed by atoms with Crippen molar-refractivity contribution in [3.05, 3.63) is 30.3 Å². The van der Waals surface area contributed by atoms with Crippen molar-refractivity contribution in [2.45, 2.75) is 26.3 Å². The second kappa shape index (κ2) is 5.21. The first-order chi connectivity index (χ1) is 8.59. The molecule has 1 heterocycles. The molecule has 0 spiro atoms. The first kappa shape index (κ1) is 12.6. The lowest BCUT2D eigenvalue weighted by atomic mass is 10.0. The van der Waals surface area contributed by atoms with E-state index in [0.29, 0.717) is 13.0 Å². The van der Waals surface area contributed by atoms with E-state index in [1.807, 2.05) is 44.2 Å². The van der Waals surface area contributed by atoms with Gasteiger partial charge in [0.2, 0.25) is 11.8 Å². The van der Waals surface area contributed by atoms with Crippen LogP contribution in [0.2, 0.25) is 0 Å². The summed E-state index contributed by atoms with van der Waals surface area (Å²) in [5.41, 5.74) is 0.852. The molecule has 0 bridgehead atoms. The summed E-state index contributed by atoms with van der Waals surface area (Å²) in [5.74, 6) is 0.00768. The topological polar surface area (TPSA) is 49.4 Å². The van der Waals surface area contributed by atoms with Gasteiger partial charge in [0, 0.05) is 18.7 Å². The van der Waals surface area contributed by atoms with Crippen LogP contribution in [0.25, 0.3) is 0 Å². The quantitative estimate of drug-likeness (QED) is 0.861. The molecule has 1 aromatic rings. The molecule has 1 aliphatic heterocycles. The van der Waals surface area contributed by atoms with E-state index in [4.69, 9.17) is 0 Å². The lowest BCUT2D eigenvalue weighted by molar-refractivity contribution is -0.126. The largest absolute Gasteiger partial charge is 0.344 e. The Morgan fingerprint density at radius 1 is 1.22 bits per heavy atom. The van der Waals surface area contributed by atoms with Gasteiger partial charge >= 0.3 is 0 Å². The van der Waals surface area contributed by atoms with Gasteiger partial charge in [-0.3, -0.25) is 9.59 Å². The average molecular weight is 246 g/mol. The van der Waals surface area contributed by atoms with E-state index in [-0.39, 0.29) is 17.7 Å². The highest BCUT2D eigenvalue weighted by Crippen LogP contribution is 2.19. The minimum Gasteiger partial charge on any atom is -0.344 e. The molecular formula is C14H18N2O2. The number of carbonyl (C=O) groups excluding carboxylic acids is 2. The van der Waals surface area contributed by atoms with Gasteiger partial charge in [0.05, 0.1) is 0 Å². The number of rotatable bonds is 2. The number of amides is 2. The summed E-state index contributed by atoms with van der Waals surface area (Å²) in [5, 5.41) is 2.80. The van der Waals surface area contributed by atoms with Crippen LogP contribution in [0.3, 0.4) is 0 Å². The normalized spacial score (nSPS) is 20.8. The van der Waals surface area contributed by atoms with Gasteiger partial charge in [0.15, 0.2) is 0 Å². The number of nitrogens with zero attached hydrogens (tertiary/aromatic N) is 1. The Labute approximate surface area is 107 Å². The molecule has 1 aliphatic rings. The molecule has 1 N–H and O–H groups in total. The minimum absolute atomic E-state index is 0.0259. The number of nitrogens with one attached hydrogen (secondary N) is 1. The Hall–Kier alpha value is -1.84. The fourth-order valence-electron chi connectivity index (χ4n) is 2.11. The van der Waals surface area contributed by atoms with Crippen molar-refractivity contribution >= 4 is 17.5 Å². The number of anilines is 1. The van der Waals surface area contributed by atoms with E-state index in [1.165, 1.54) is 0 Å². The molecule has 1 saturated heterocycles. The van der Waals surface area contributed by atoms with Crippen LogP contribution in [0, 0.1) is 5.92 Å². The summed E-state index contributed by atoms with van der Waals surface area (Å²) in [6.07, 6.45) is 0.351. The van der Waals surface area contributed by atoms with Gasteiger partial charge in [-0.2, -0.15) is 0 Å². The maximum Gasteiger partial charge on any atom is 0.249 e. The highest BCUT2D eigenvalue weighted by atomic mass is 16.2. The van der Waals surface area contributed by atoms with Crippen LogP contribution in [-0.4, -0.2) is 24.4 Å². The number of hydrogen-bond acceptors (Lipinski definition) is 2. The Morgan fingerprint density at radius 3 is 2.50 bits per heavy atom. The molecule has 2 amide bonds. The molecule has 0 aliphatic carbocycles. The van der Waals surface area contributed by atoms with Gasteiger partial charge in [0.25, 0.3) is 0 Å². The summed E-state index contributed by atoms with van der Waals surface area (Å²) >= 11 is 0. The molecule has 0 saturated carbocycles. The maximum absolute atomic E-state index is 12.4. The Kier molecular flexibility index (Phi) is 3.65. The Morgan fingerprint density at radius 2 is 1.89 bits per heavy atom. The van der Waals surface area contributed by atoms with E-state index in [0.717, 1.165) is 5.69 Å². The third-order valence-corrected chi connectivity index (χ3v) is 3.15. The van der Waals surface area contributed by atoms with Crippen LogP contribution in [0.4, 0.5) is 5.69 Å². The van der Waals surface area contributed by atoms with Crippen molar-refractivity contribution in [1.29, 1.82) is 0 Å². The van der Waals surface area contributed by atoms with Crippen molar-refractivity contribution in [2.75, 3.05) is 11.4 Å². The molecule has 4 heteroatoms. The monoisotopic (exact) mass is 246 g/mol. The van der Waals surface area contributed by atoms with Crippen molar-refractivity contribution in [3.63, 3.8) is 0 Å². The van der Waals surface area contributed by atoms with Crippen LogP contribution in [0.1, 0.15) is 20.3 Å².